The van der Waals surface area contributed by atoms with Crippen molar-refractivity contribution in [2.24, 2.45) is 22.7 Å². The fourth-order valence-electron chi connectivity index (χ4n) is 11.2. The molecule has 8 rings (SSSR count). The summed E-state index contributed by atoms with van der Waals surface area (Å²) in [4.78, 5) is 5.62. The number of rotatable bonds is 14. The molecule has 0 radical (unpaired) electrons. The van der Waals surface area contributed by atoms with E-state index in [0.29, 0.717) is 35.2 Å². The molecule has 0 aromatic heterocycles. The van der Waals surface area contributed by atoms with Crippen LogP contribution in [0, 0.1) is 22.7 Å². The van der Waals surface area contributed by atoms with Gasteiger partial charge in [-0.25, -0.2) is 0 Å². The number of epoxide rings is 4. The summed E-state index contributed by atoms with van der Waals surface area (Å²) in [5.41, 5.74) is 1.17. The number of nitrogens with zero attached hydrogens (tertiary/aromatic N) is 2. The van der Waals surface area contributed by atoms with Gasteiger partial charge in [-0.3, -0.25) is 9.80 Å². The van der Waals surface area contributed by atoms with Gasteiger partial charge in [0.15, 0.2) is 0 Å². The van der Waals surface area contributed by atoms with Crippen LogP contribution in [0.1, 0.15) is 122 Å². The first-order valence-electron chi connectivity index (χ1n) is 19.1. The molecule has 4 saturated heterocycles. The first-order chi connectivity index (χ1) is 21.2. The molecule has 0 spiro atoms. The van der Waals surface area contributed by atoms with Crippen LogP contribution < -0.4 is 0 Å². The zero-order chi connectivity index (χ0) is 28.7. The highest BCUT2D eigenvalue weighted by Gasteiger charge is 2.52. The average molecular weight is 599 g/mol. The standard InChI is InChI=1S/C37H62N2O4/c1-3-7-28(8-4-1)36(15-11-30(12-16-36)38(19-32-23-40-32)20-33-24-41-33)27-37(29-9-5-2-6-10-29)17-13-31(14-18-37)39(21-34-25-42-34)22-35-26-43-35/h28-35H,1-27H2. The quantitative estimate of drug-likeness (QED) is 0.210. The normalized spacial score (nSPS) is 43.7. The van der Waals surface area contributed by atoms with Crippen molar-refractivity contribution in [2.45, 2.75) is 158 Å². The van der Waals surface area contributed by atoms with Crippen LogP contribution in [-0.2, 0) is 18.9 Å². The third-order valence-corrected chi connectivity index (χ3v) is 13.9. The van der Waals surface area contributed by atoms with Crippen molar-refractivity contribution < 1.29 is 18.9 Å². The van der Waals surface area contributed by atoms with Crippen LogP contribution in [0.15, 0.2) is 0 Å². The minimum absolute atomic E-state index is 0.492. The predicted molar refractivity (Wildman–Crippen MR) is 169 cm³/mol. The van der Waals surface area contributed by atoms with E-state index in [0.717, 1.165) is 76.5 Å². The molecule has 0 amide bonds. The molecule has 43 heavy (non-hydrogen) atoms. The minimum Gasteiger partial charge on any atom is -0.372 e. The Labute approximate surface area is 262 Å². The van der Waals surface area contributed by atoms with Crippen LogP contribution in [0.5, 0.6) is 0 Å². The highest BCUT2D eigenvalue weighted by Crippen LogP contribution is 2.61. The smallest absolute Gasteiger partial charge is 0.0936 e. The van der Waals surface area contributed by atoms with E-state index in [-0.39, 0.29) is 0 Å². The van der Waals surface area contributed by atoms with Crippen molar-refractivity contribution in [3.8, 4) is 0 Å². The van der Waals surface area contributed by atoms with Crippen molar-refractivity contribution in [2.75, 3.05) is 52.6 Å². The number of hydrogen-bond donors (Lipinski definition) is 0. The van der Waals surface area contributed by atoms with Crippen LogP contribution in [0.3, 0.4) is 0 Å². The Kier molecular flexibility index (Phi) is 9.18. The highest BCUT2D eigenvalue weighted by molar-refractivity contribution is 5.04. The average Bonchev–Trinajstić information content (AvgIpc) is 3.86. The Morgan fingerprint density at radius 3 is 1.00 bits per heavy atom. The zero-order valence-electron chi connectivity index (χ0n) is 27.2. The Morgan fingerprint density at radius 2 is 0.721 bits per heavy atom. The summed E-state index contributed by atoms with van der Waals surface area (Å²) < 4.78 is 22.9. The lowest BCUT2D eigenvalue weighted by atomic mass is 9.49. The van der Waals surface area contributed by atoms with Crippen molar-refractivity contribution in [3.05, 3.63) is 0 Å². The maximum atomic E-state index is 5.72. The van der Waals surface area contributed by atoms with Gasteiger partial charge in [0.2, 0.25) is 0 Å². The van der Waals surface area contributed by atoms with Crippen molar-refractivity contribution in [1.29, 1.82) is 0 Å². The van der Waals surface area contributed by atoms with E-state index in [4.69, 9.17) is 18.9 Å². The second-order valence-corrected chi connectivity index (χ2v) is 16.8. The third kappa shape index (κ3) is 7.51. The molecule has 6 heteroatoms. The summed E-state index contributed by atoms with van der Waals surface area (Å²) in [7, 11) is 0. The summed E-state index contributed by atoms with van der Waals surface area (Å²) in [6.07, 6.45) is 30.1. The molecule has 4 aliphatic heterocycles. The van der Waals surface area contributed by atoms with E-state index in [1.54, 1.807) is 6.42 Å². The molecule has 244 valence electrons. The zero-order valence-corrected chi connectivity index (χ0v) is 27.2. The summed E-state index contributed by atoms with van der Waals surface area (Å²) in [6.45, 7) is 8.47. The molecule has 8 aliphatic rings. The third-order valence-electron chi connectivity index (χ3n) is 13.9. The molecule has 4 aliphatic carbocycles. The lowest BCUT2D eigenvalue weighted by Crippen LogP contribution is -2.51. The molecule has 0 N–H and O–H groups in total. The summed E-state index contributed by atoms with van der Waals surface area (Å²) in [6, 6.07) is 1.49. The molecule has 4 heterocycles. The van der Waals surface area contributed by atoms with Gasteiger partial charge < -0.3 is 18.9 Å². The summed E-state index contributed by atoms with van der Waals surface area (Å²) in [5.74, 6) is 1.95. The van der Waals surface area contributed by atoms with E-state index in [1.807, 2.05) is 0 Å². The first kappa shape index (κ1) is 30.1. The lowest BCUT2D eigenvalue weighted by molar-refractivity contribution is -0.0649. The molecule has 0 aromatic carbocycles. The maximum Gasteiger partial charge on any atom is 0.0936 e. The van der Waals surface area contributed by atoms with Crippen molar-refractivity contribution in [1.82, 2.24) is 9.80 Å². The Hall–Kier alpha value is -0.240. The van der Waals surface area contributed by atoms with Crippen LogP contribution in [0.25, 0.3) is 0 Å². The Balaban J connectivity index is 0.998. The van der Waals surface area contributed by atoms with Gasteiger partial charge in [0.25, 0.3) is 0 Å². The maximum absolute atomic E-state index is 5.72. The molecule has 4 unspecified atom stereocenters. The molecule has 8 fully saturated rings. The van der Waals surface area contributed by atoms with Crippen molar-refractivity contribution in [3.63, 3.8) is 0 Å². The molecule has 6 nitrogen and oxygen atoms in total. The predicted octanol–water partition coefficient (Wildman–Crippen LogP) is 6.59. The molecule has 0 bridgehead atoms. The van der Waals surface area contributed by atoms with Gasteiger partial charge in [-0.05, 0) is 106 Å². The van der Waals surface area contributed by atoms with E-state index < -0.39 is 0 Å². The van der Waals surface area contributed by atoms with Crippen LogP contribution in [0.2, 0.25) is 0 Å². The lowest BCUT2D eigenvalue weighted by Gasteiger charge is -2.57. The fourth-order valence-corrected chi connectivity index (χ4v) is 11.2. The van der Waals surface area contributed by atoms with Gasteiger partial charge in [-0.2, -0.15) is 0 Å². The Morgan fingerprint density at radius 1 is 0.419 bits per heavy atom. The van der Waals surface area contributed by atoms with Gasteiger partial charge in [-0.15, -0.1) is 0 Å². The summed E-state index contributed by atoms with van der Waals surface area (Å²) >= 11 is 0. The summed E-state index contributed by atoms with van der Waals surface area (Å²) in [5, 5.41) is 0. The monoisotopic (exact) mass is 598 g/mol. The van der Waals surface area contributed by atoms with Crippen LogP contribution in [0.4, 0.5) is 0 Å². The molecule has 0 aromatic rings. The fraction of sp³-hybridized carbons (Fsp3) is 1.00. The van der Waals surface area contributed by atoms with Gasteiger partial charge in [0, 0.05) is 38.3 Å². The molecular formula is C37H62N2O4. The highest BCUT2D eigenvalue weighted by atomic mass is 16.6. The van der Waals surface area contributed by atoms with Crippen molar-refractivity contribution >= 4 is 0 Å². The molecule has 4 atom stereocenters. The number of hydrogen-bond acceptors (Lipinski definition) is 6. The van der Waals surface area contributed by atoms with Crippen LogP contribution >= 0.6 is 0 Å². The topological polar surface area (TPSA) is 56.6 Å². The van der Waals surface area contributed by atoms with Gasteiger partial charge in [-0.1, -0.05) is 38.5 Å². The van der Waals surface area contributed by atoms with E-state index in [9.17, 15) is 0 Å². The van der Waals surface area contributed by atoms with E-state index in [2.05, 4.69) is 9.80 Å². The second-order valence-electron chi connectivity index (χ2n) is 16.8. The SMILES string of the molecule is C1CCC(C2(CC3(C4CCCCC4)CCC(N(CC4CO4)CC4CO4)CC3)CCC(N(CC3CO3)CC3CO3)CC2)CC1. The number of ether oxygens (including phenoxy) is 4. The first-order valence-corrected chi connectivity index (χ1v) is 19.1. The van der Waals surface area contributed by atoms with Gasteiger partial charge in [0.1, 0.15) is 0 Å². The largest absolute Gasteiger partial charge is 0.372 e. The molecular weight excluding hydrogens is 536 g/mol. The van der Waals surface area contributed by atoms with E-state index in [1.165, 1.54) is 116 Å². The second kappa shape index (κ2) is 13.1. The van der Waals surface area contributed by atoms with Gasteiger partial charge >= 0.3 is 0 Å². The van der Waals surface area contributed by atoms with Gasteiger partial charge in [0.05, 0.1) is 50.8 Å². The Bertz CT molecular complexity index is 786. The minimum atomic E-state index is 0.492. The van der Waals surface area contributed by atoms with Crippen LogP contribution in [-0.4, -0.2) is 98.9 Å². The van der Waals surface area contributed by atoms with E-state index >= 15 is 0 Å². The molecule has 4 saturated carbocycles.